The van der Waals surface area contributed by atoms with E-state index in [-0.39, 0.29) is 6.10 Å². The van der Waals surface area contributed by atoms with Gasteiger partial charge in [-0.2, -0.15) is 0 Å². The number of anilines is 1. The quantitative estimate of drug-likeness (QED) is 0.488. The molecule has 0 radical (unpaired) electrons. The Bertz CT molecular complexity index is 1200. The molecular weight excluding hydrogens is 380 g/mol. The van der Waals surface area contributed by atoms with Crippen molar-refractivity contribution in [2.24, 2.45) is 0 Å². The lowest BCUT2D eigenvalue weighted by Gasteiger charge is -2.26. The van der Waals surface area contributed by atoms with Crippen LogP contribution in [0.15, 0.2) is 30.5 Å². The molecule has 1 saturated carbocycles. The van der Waals surface area contributed by atoms with Crippen molar-refractivity contribution in [3.8, 4) is 10.6 Å². The van der Waals surface area contributed by atoms with Crippen LogP contribution in [0.1, 0.15) is 42.4 Å². The monoisotopic (exact) mass is 406 g/mol. The summed E-state index contributed by atoms with van der Waals surface area (Å²) in [4.78, 5) is 5.75. The van der Waals surface area contributed by atoms with Crippen molar-refractivity contribution in [2.75, 3.05) is 5.32 Å². The SMILES string of the molecule is Cc1cc2sc(-c3cnc4ccc(NC5CCC(O)CC5)nn34)cc2c(C)c1C. The van der Waals surface area contributed by atoms with Crippen molar-refractivity contribution >= 4 is 32.9 Å². The van der Waals surface area contributed by atoms with Crippen molar-refractivity contribution in [3.05, 3.63) is 47.2 Å². The van der Waals surface area contributed by atoms with Crippen molar-refractivity contribution in [1.29, 1.82) is 0 Å². The molecule has 1 fully saturated rings. The van der Waals surface area contributed by atoms with Crippen molar-refractivity contribution < 1.29 is 5.11 Å². The molecule has 0 amide bonds. The van der Waals surface area contributed by atoms with Crippen LogP contribution in [0, 0.1) is 20.8 Å². The average molecular weight is 407 g/mol. The third-order valence-corrected chi connectivity index (χ3v) is 7.43. The van der Waals surface area contributed by atoms with Gasteiger partial charge in [0.25, 0.3) is 0 Å². The van der Waals surface area contributed by atoms with Gasteiger partial charge in [-0.15, -0.1) is 16.4 Å². The van der Waals surface area contributed by atoms with Crippen molar-refractivity contribution in [3.63, 3.8) is 0 Å². The summed E-state index contributed by atoms with van der Waals surface area (Å²) < 4.78 is 3.25. The van der Waals surface area contributed by atoms with Crippen LogP contribution >= 0.6 is 11.3 Å². The van der Waals surface area contributed by atoms with Gasteiger partial charge in [0.05, 0.1) is 17.2 Å². The van der Waals surface area contributed by atoms with Gasteiger partial charge in [-0.05, 0) is 92.8 Å². The fraction of sp³-hybridized carbons (Fsp3) is 0.391. The fourth-order valence-corrected chi connectivity index (χ4v) is 5.50. The summed E-state index contributed by atoms with van der Waals surface area (Å²) in [5.74, 6) is 0.863. The average Bonchev–Trinajstić information content (AvgIpc) is 3.31. The van der Waals surface area contributed by atoms with Crippen molar-refractivity contribution in [2.45, 2.75) is 58.6 Å². The van der Waals surface area contributed by atoms with Crippen LogP contribution in [0.3, 0.4) is 0 Å². The first-order chi connectivity index (χ1) is 14.0. The fourth-order valence-electron chi connectivity index (χ4n) is 4.28. The van der Waals surface area contributed by atoms with Gasteiger partial charge in [-0.25, -0.2) is 9.50 Å². The summed E-state index contributed by atoms with van der Waals surface area (Å²) in [6, 6.07) is 8.94. The van der Waals surface area contributed by atoms with Gasteiger partial charge in [0.1, 0.15) is 11.5 Å². The highest BCUT2D eigenvalue weighted by Gasteiger charge is 2.20. The van der Waals surface area contributed by atoms with Crippen LogP contribution < -0.4 is 5.32 Å². The summed E-state index contributed by atoms with van der Waals surface area (Å²) in [6.45, 7) is 6.58. The molecule has 0 saturated heterocycles. The van der Waals surface area contributed by atoms with Gasteiger partial charge in [0, 0.05) is 10.7 Å². The number of thiophene rings is 1. The Labute approximate surface area is 174 Å². The van der Waals surface area contributed by atoms with E-state index in [1.807, 2.05) is 22.8 Å². The second kappa shape index (κ2) is 7.11. The first-order valence-electron chi connectivity index (χ1n) is 10.3. The van der Waals surface area contributed by atoms with Gasteiger partial charge in [0.2, 0.25) is 0 Å². The predicted octanol–water partition coefficient (Wildman–Crippen LogP) is 5.25. The van der Waals surface area contributed by atoms with E-state index in [1.165, 1.54) is 31.7 Å². The molecule has 5 rings (SSSR count). The normalized spacial score (nSPS) is 19.9. The zero-order valence-corrected chi connectivity index (χ0v) is 17.9. The number of aliphatic hydroxyl groups excluding tert-OH is 1. The number of aliphatic hydroxyl groups is 1. The second-order valence-electron chi connectivity index (χ2n) is 8.25. The summed E-state index contributed by atoms with van der Waals surface area (Å²) in [6.07, 6.45) is 5.44. The number of benzene rings is 1. The van der Waals surface area contributed by atoms with Gasteiger partial charge in [0.15, 0.2) is 5.65 Å². The van der Waals surface area contributed by atoms with E-state index < -0.39 is 0 Å². The minimum absolute atomic E-state index is 0.146. The maximum atomic E-state index is 9.73. The molecular formula is C23H26N4OS. The van der Waals surface area contributed by atoms with E-state index in [4.69, 9.17) is 5.10 Å². The van der Waals surface area contributed by atoms with Gasteiger partial charge < -0.3 is 10.4 Å². The van der Waals surface area contributed by atoms with Crippen molar-refractivity contribution in [1.82, 2.24) is 14.6 Å². The smallest absolute Gasteiger partial charge is 0.154 e. The lowest BCUT2D eigenvalue weighted by atomic mass is 9.93. The zero-order valence-electron chi connectivity index (χ0n) is 17.1. The predicted molar refractivity (Wildman–Crippen MR) is 120 cm³/mol. The molecule has 4 aromatic rings. The van der Waals surface area contributed by atoms with E-state index >= 15 is 0 Å². The highest BCUT2D eigenvalue weighted by Crippen LogP contribution is 2.37. The van der Waals surface area contributed by atoms with Gasteiger partial charge in [-0.3, -0.25) is 0 Å². The number of imidazole rings is 1. The molecule has 0 bridgehead atoms. The molecule has 3 aromatic heterocycles. The number of hydrogen-bond acceptors (Lipinski definition) is 5. The van der Waals surface area contributed by atoms with Gasteiger partial charge >= 0.3 is 0 Å². The molecule has 1 aromatic carbocycles. The Kier molecular flexibility index (Phi) is 4.56. The molecule has 6 heteroatoms. The third kappa shape index (κ3) is 3.30. The first-order valence-corrected chi connectivity index (χ1v) is 11.1. The molecule has 5 nitrogen and oxygen atoms in total. The molecule has 1 aliphatic rings. The van der Waals surface area contributed by atoms with Crippen LogP contribution in [0.2, 0.25) is 0 Å². The van der Waals surface area contributed by atoms with Crippen LogP contribution in [0.4, 0.5) is 5.82 Å². The Balaban J connectivity index is 1.52. The number of rotatable bonds is 3. The van der Waals surface area contributed by atoms with Crippen LogP contribution in [0.25, 0.3) is 26.3 Å². The first kappa shape index (κ1) is 18.6. The minimum atomic E-state index is -0.146. The van der Waals surface area contributed by atoms with E-state index in [1.54, 1.807) is 11.3 Å². The minimum Gasteiger partial charge on any atom is -0.393 e. The molecule has 1 aliphatic carbocycles. The standard InChI is InChI=1S/C23H26N4OS/c1-13-10-20-18(15(3)14(13)2)11-21(29-20)19-12-24-23-9-8-22(26-27(19)23)25-16-4-6-17(28)7-5-16/h8-12,16-17,28H,4-7H2,1-3H3,(H,25,26). The summed E-state index contributed by atoms with van der Waals surface area (Å²) in [5.41, 5.74) is 5.93. The maximum absolute atomic E-state index is 9.73. The topological polar surface area (TPSA) is 62.5 Å². The van der Waals surface area contributed by atoms with E-state index in [0.29, 0.717) is 6.04 Å². The number of hydrogen-bond donors (Lipinski definition) is 2. The molecule has 3 heterocycles. The summed E-state index contributed by atoms with van der Waals surface area (Å²) in [5, 5.41) is 19.4. The Morgan fingerprint density at radius 3 is 2.66 bits per heavy atom. The maximum Gasteiger partial charge on any atom is 0.154 e. The van der Waals surface area contributed by atoms with E-state index in [2.05, 4.69) is 43.2 Å². The van der Waals surface area contributed by atoms with Crippen LogP contribution in [0.5, 0.6) is 0 Å². The largest absolute Gasteiger partial charge is 0.393 e. The Morgan fingerprint density at radius 2 is 1.86 bits per heavy atom. The number of fused-ring (bicyclic) bond motifs is 2. The lowest BCUT2D eigenvalue weighted by molar-refractivity contribution is 0.126. The van der Waals surface area contributed by atoms with Gasteiger partial charge in [-0.1, -0.05) is 0 Å². The molecule has 0 aliphatic heterocycles. The number of nitrogens with one attached hydrogen (secondary N) is 1. The molecule has 0 atom stereocenters. The van der Waals surface area contributed by atoms with E-state index in [9.17, 15) is 5.11 Å². The van der Waals surface area contributed by atoms with Crippen LogP contribution in [-0.4, -0.2) is 31.9 Å². The number of aryl methyl sites for hydroxylation is 2. The molecule has 2 N–H and O–H groups in total. The molecule has 150 valence electrons. The number of aromatic nitrogens is 3. The summed E-state index contributed by atoms with van der Waals surface area (Å²) in [7, 11) is 0. The van der Waals surface area contributed by atoms with Crippen LogP contribution in [-0.2, 0) is 0 Å². The highest BCUT2D eigenvalue weighted by molar-refractivity contribution is 7.22. The Morgan fingerprint density at radius 1 is 1.07 bits per heavy atom. The van der Waals surface area contributed by atoms with E-state index in [0.717, 1.165) is 42.8 Å². The number of nitrogens with zero attached hydrogens (tertiary/aromatic N) is 3. The third-order valence-electron chi connectivity index (χ3n) is 6.33. The molecule has 0 unspecified atom stereocenters. The lowest BCUT2D eigenvalue weighted by Crippen LogP contribution is -2.28. The second-order valence-corrected chi connectivity index (χ2v) is 9.33. The summed E-state index contributed by atoms with van der Waals surface area (Å²) >= 11 is 1.80. The highest BCUT2D eigenvalue weighted by atomic mass is 32.1. The Hall–Kier alpha value is -2.44. The molecule has 29 heavy (non-hydrogen) atoms. The zero-order chi connectivity index (χ0) is 20.1. The molecule has 0 spiro atoms.